The minimum absolute atomic E-state index is 0. The van der Waals surface area contributed by atoms with Gasteiger partial charge in [-0.1, -0.05) is 7.43 Å². The molecule has 6 unspecified atom stereocenters. The molecule has 0 bridgehead atoms. The van der Waals surface area contributed by atoms with Crippen LogP contribution in [0.15, 0.2) is 71.6 Å². The van der Waals surface area contributed by atoms with Gasteiger partial charge in [0, 0.05) is 101 Å². The maximum absolute atomic E-state index is 15.6. The number of aromatic nitrogens is 2. The van der Waals surface area contributed by atoms with Gasteiger partial charge in [0.05, 0.1) is 33.9 Å². The predicted molar refractivity (Wildman–Crippen MR) is 346 cm³/mol. The SMILES string of the molecule is C.CC(=O)OCC1=C(C(=O)O)N2C(=O)C(N)C2SC1.CC(=O)OCC1=C(C(=O)O)N2C(=O)C(N=C(N)N=C(N)N3CCN(c4c(F)cc5c(=O)c(C(=O)O)cn6c5c4OCC6C)CC3)C2SC1.CC1COc2c(N3CCN(C(N)=NC#N)CC3)c(F)cc3c(=O)c(C(=O)O)cn1c23. The number of piperazine rings is 2. The topological polar surface area (TPSA) is 483 Å². The summed E-state index contributed by atoms with van der Waals surface area (Å²) in [6.07, 6.45) is 4.20. The number of guanidine groups is 3. The summed E-state index contributed by atoms with van der Waals surface area (Å²) in [7, 11) is 0. The van der Waals surface area contributed by atoms with Crippen molar-refractivity contribution < 1.29 is 86.5 Å². The molecule has 0 radical (unpaired) electrons. The number of nitrogens with zero attached hydrogens (tertiary/aromatic N) is 12. The molecule has 34 nitrogen and oxygen atoms in total. The first-order valence-corrected chi connectivity index (χ1v) is 31.4. The molecule has 0 spiro atoms. The van der Waals surface area contributed by atoms with Gasteiger partial charge in [0.25, 0.3) is 5.91 Å². The third kappa shape index (κ3) is 13.4. The summed E-state index contributed by atoms with van der Waals surface area (Å²) >= 11 is 2.63. The van der Waals surface area contributed by atoms with Crippen LogP contribution in [0, 0.1) is 23.1 Å². The standard InChI is InChI=1S/C29H31FN8O9S.C19H19FN6O4.C10H12N2O5S.CH4/c1-12-9-47-23-20-15(22(40)16(26(42)43)8-37(12)20)7-17(30)21(23)35-3-5-36(6-4-35)29(32)34-28(31)33-18-24(41)38-19(27(44)45)14(10-46-13(2)39)11-48-25(18)38;1-10-8-30-17-14-11(16(27)12(18(28)29)7-26(10)14)6-13(20)15(17)24-2-4-25(5-3-24)19(22)23-9-21;1-4(13)17-2-5-3-18-9-6(11)8(14)12(9)7(5)10(15)16;/h7-8,12,18,25H,3-6,9-11H2,1-2H3,(H,42,43)(H,44,45)(H4,31,32,33,34);6-7,10H,2-5,8H2,1H3,(H2,22,23)(H,28,29);6,9H,2-3,11H2,1H3,(H,15,16);1H4. The molecule has 0 saturated carbocycles. The Morgan fingerprint density at radius 1 is 0.649 bits per heavy atom. The van der Waals surface area contributed by atoms with Crippen LogP contribution in [0.4, 0.5) is 20.2 Å². The summed E-state index contributed by atoms with van der Waals surface area (Å²) in [5.74, 6) is -7.97. The fraction of sp³-hybridized carbons (Fsp3) is 0.424. The van der Waals surface area contributed by atoms with E-state index in [0.29, 0.717) is 54.1 Å². The molecule has 12 N–H and O–H groups in total. The molecule has 4 fully saturated rings. The number of carbonyl (C=O) groups is 8. The van der Waals surface area contributed by atoms with E-state index in [0.717, 1.165) is 17.0 Å². The van der Waals surface area contributed by atoms with E-state index in [-0.39, 0.29) is 146 Å². The molecule has 10 heterocycles. The molecule has 0 aliphatic carbocycles. The van der Waals surface area contributed by atoms with Crippen LogP contribution >= 0.6 is 23.5 Å². The Hall–Kier alpha value is -10.7. The van der Waals surface area contributed by atoms with Crippen LogP contribution in [0.3, 0.4) is 0 Å². The van der Waals surface area contributed by atoms with Gasteiger partial charge in [-0.2, -0.15) is 10.3 Å². The number of carbonyl (C=O) groups excluding carboxylic acids is 4. The largest absolute Gasteiger partial charge is 0.487 e. The minimum Gasteiger partial charge on any atom is -0.487 e. The van der Waals surface area contributed by atoms with Crippen molar-refractivity contribution in [1.29, 1.82) is 5.26 Å². The molecular formula is C59H66F2N16O18S2. The number of pyridine rings is 2. The van der Waals surface area contributed by atoms with E-state index in [1.54, 1.807) is 41.9 Å². The van der Waals surface area contributed by atoms with Gasteiger partial charge in [0.15, 0.2) is 35.1 Å². The lowest BCUT2D eigenvalue weighted by atomic mass is 10.0. The van der Waals surface area contributed by atoms with Crippen molar-refractivity contribution >= 4 is 122 Å². The predicted octanol–water partition coefficient (Wildman–Crippen LogP) is 0.206. The molecule has 2 aromatic heterocycles. The minimum atomic E-state index is -1.40. The Bertz CT molecular complexity index is 4350. The summed E-state index contributed by atoms with van der Waals surface area (Å²) in [6, 6.07) is -0.0435. The zero-order valence-electron chi connectivity index (χ0n) is 51.4. The number of carboxylic acids is 4. The number of benzene rings is 2. The number of hydrogen-bond acceptors (Lipinski definition) is 22. The maximum Gasteiger partial charge on any atom is 0.352 e. The number of anilines is 2. The molecule has 516 valence electrons. The molecule has 8 aliphatic rings. The number of nitrogens with two attached hydrogens (primary N) is 4. The first-order valence-electron chi connectivity index (χ1n) is 29.3. The summed E-state index contributed by atoms with van der Waals surface area (Å²) in [5, 5.41) is 45.3. The number of aromatic carboxylic acids is 2. The highest BCUT2D eigenvalue weighted by molar-refractivity contribution is 8.00. The molecule has 2 aromatic carbocycles. The first kappa shape index (κ1) is 70.6. The molecule has 4 aromatic rings. The summed E-state index contributed by atoms with van der Waals surface area (Å²) < 4.78 is 55.6. The van der Waals surface area contributed by atoms with Gasteiger partial charge in [-0.3, -0.25) is 38.6 Å². The van der Waals surface area contributed by atoms with E-state index in [1.165, 1.54) is 54.7 Å². The molecule has 38 heteroatoms. The Morgan fingerprint density at radius 2 is 1.06 bits per heavy atom. The lowest BCUT2D eigenvalue weighted by Gasteiger charge is -2.47. The smallest absolute Gasteiger partial charge is 0.352 e. The van der Waals surface area contributed by atoms with Gasteiger partial charge in [-0.15, -0.1) is 28.5 Å². The van der Waals surface area contributed by atoms with Gasteiger partial charge in [-0.05, 0) is 26.0 Å². The Morgan fingerprint density at radius 3 is 1.46 bits per heavy atom. The number of esters is 2. The van der Waals surface area contributed by atoms with Crippen LogP contribution < -0.4 is 53.1 Å². The number of aliphatic carboxylic acids is 2. The number of aliphatic imine (C=N–C) groups is 3. The molecule has 6 atom stereocenters. The Labute approximate surface area is 556 Å². The normalized spacial score (nSPS) is 22.0. The van der Waals surface area contributed by atoms with Crippen molar-refractivity contribution in [3.05, 3.63) is 90.3 Å². The van der Waals surface area contributed by atoms with E-state index in [4.69, 9.17) is 52.3 Å². The Kier molecular flexibility index (Phi) is 20.6. The monoisotopic (exact) mass is 1390 g/mol. The van der Waals surface area contributed by atoms with E-state index >= 15 is 8.78 Å². The number of ether oxygens (including phenoxy) is 4. The van der Waals surface area contributed by atoms with Crippen molar-refractivity contribution in [2.45, 2.75) is 70.0 Å². The zero-order valence-corrected chi connectivity index (χ0v) is 53.1. The number of halogens is 2. The number of fused-ring (bicyclic) bond motifs is 2. The van der Waals surface area contributed by atoms with Crippen molar-refractivity contribution in [2.75, 3.05) is 100 Å². The van der Waals surface area contributed by atoms with E-state index in [1.807, 2.05) is 6.92 Å². The second kappa shape index (κ2) is 28.3. The summed E-state index contributed by atoms with van der Waals surface area (Å²) in [6.45, 7) is 8.82. The van der Waals surface area contributed by atoms with Gasteiger partial charge >= 0.3 is 35.8 Å². The number of β-lactam (4-membered cyclic amide) rings is 2. The van der Waals surface area contributed by atoms with Crippen LogP contribution in [0.5, 0.6) is 11.5 Å². The quantitative estimate of drug-likeness (QED) is 0.0327. The highest BCUT2D eigenvalue weighted by Crippen LogP contribution is 2.46. The zero-order chi connectivity index (χ0) is 69.6. The average molecular weight is 1390 g/mol. The van der Waals surface area contributed by atoms with Crippen molar-refractivity contribution in [3.8, 4) is 17.7 Å². The van der Waals surface area contributed by atoms with Crippen LogP contribution in [-0.4, -0.2) is 228 Å². The second-order valence-electron chi connectivity index (χ2n) is 22.7. The van der Waals surface area contributed by atoms with Crippen molar-refractivity contribution in [1.82, 2.24) is 28.7 Å². The highest BCUT2D eigenvalue weighted by atomic mass is 32.2. The molecular weight excluding hydrogens is 1320 g/mol. The van der Waals surface area contributed by atoms with Gasteiger partial charge in [0.2, 0.25) is 34.9 Å². The van der Waals surface area contributed by atoms with E-state index < -0.39 is 98.7 Å². The van der Waals surface area contributed by atoms with Gasteiger partial charge in [0.1, 0.15) is 77.1 Å². The Balaban J connectivity index is 0.000000191. The fourth-order valence-corrected chi connectivity index (χ4v) is 14.5. The third-order valence-corrected chi connectivity index (χ3v) is 19.3. The fourth-order valence-electron chi connectivity index (χ4n) is 11.9. The average Bonchev–Trinajstić information content (AvgIpc) is 0.757. The number of amides is 2. The molecule has 4 saturated heterocycles. The third-order valence-electron chi connectivity index (χ3n) is 16.7. The van der Waals surface area contributed by atoms with E-state index in [2.05, 4.69) is 15.0 Å². The van der Waals surface area contributed by atoms with Crippen LogP contribution in [0.25, 0.3) is 21.8 Å². The van der Waals surface area contributed by atoms with Crippen molar-refractivity contribution in [3.63, 3.8) is 0 Å². The van der Waals surface area contributed by atoms with Crippen LogP contribution in [-0.2, 0) is 38.2 Å². The lowest BCUT2D eigenvalue weighted by molar-refractivity contribution is -0.148. The molecule has 8 aliphatic heterocycles. The molecule has 97 heavy (non-hydrogen) atoms. The maximum atomic E-state index is 15.6. The first-order chi connectivity index (χ1) is 45.5. The summed E-state index contributed by atoms with van der Waals surface area (Å²) in [5.41, 5.74) is 22.6. The number of hydrogen-bond donors (Lipinski definition) is 8. The highest BCUT2D eigenvalue weighted by Gasteiger charge is 2.55. The van der Waals surface area contributed by atoms with Gasteiger partial charge < -0.3 is 91.0 Å². The number of rotatable bonds is 11. The second-order valence-corrected chi connectivity index (χ2v) is 24.9. The van der Waals surface area contributed by atoms with E-state index in [9.17, 15) is 63.3 Å². The molecule has 12 rings (SSSR count). The molecule has 2 amide bonds. The van der Waals surface area contributed by atoms with Crippen molar-refractivity contribution in [2.24, 2.45) is 37.9 Å². The van der Waals surface area contributed by atoms with Gasteiger partial charge in [-0.25, -0.2) is 33.0 Å². The number of carboxylic acid groups (broad SMARTS) is 4. The number of nitriles is 1. The number of thioether (sulfide) groups is 2. The lowest BCUT2D eigenvalue weighted by Crippen LogP contribution is -2.68. The summed E-state index contributed by atoms with van der Waals surface area (Å²) in [4.78, 5) is 139. The van der Waals surface area contributed by atoms with Crippen LogP contribution in [0.2, 0.25) is 0 Å². The van der Waals surface area contributed by atoms with Crippen LogP contribution in [0.1, 0.15) is 67.9 Å².